The van der Waals surface area contributed by atoms with Gasteiger partial charge in [0, 0.05) is 0 Å². The fraction of sp³-hybridized carbons (Fsp3) is 0.538. The lowest BCUT2D eigenvalue weighted by Gasteiger charge is -2.16. The predicted molar refractivity (Wildman–Crippen MR) is 66.0 cm³/mol. The Morgan fingerprint density at radius 1 is 1.25 bits per heavy atom. The number of rotatable bonds is 7. The summed E-state index contributed by atoms with van der Waals surface area (Å²) in [6, 6.07) is 7.76. The fourth-order valence-electron chi connectivity index (χ4n) is 1.50. The largest absolute Gasteiger partial charge is 0.490 e. The van der Waals surface area contributed by atoms with Crippen LogP contribution in [0.1, 0.15) is 26.7 Å². The Balaban J connectivity index is 2.57. The number of para-hydroxylation sites is 2. The highest BCUT2D eigenvalue weighted by Gasteiger charge is 2.08. The number of benzene rings is 1. The summed E-state index contributed by atoms with van der Waals surface area (Å²) >= 11 is 0. The van der Waals surface area contributed by atoms with E-state index in [0.29, 0.717) is 13.2 Å². The summed E-state index contributed by atoms with van der Waals surface area (Å²) in [5.41, 5.74) is 5.47. The lowest BCUT2D eigenvalue weighted by Crippen LogP contribution is -2.14. The van der Waals surface area contributed by atoms with Crippen molar-refractivity contribution in [3.63, 3.8) is 0 Å². The van der Waals surface area contributed by atoms with Crippen molar-refractivity contribution in [2.45, 2.75) is 32.8 Å². The second kappa shape index (κ2) is 7.12. The maximum Gasteiger partial charge on any atom is 0.161 e. The molecular weight excluding hydrogens is 202 g/mol. The second-order valence-electron chi connectivity index (χ2n) is 3.74. The van der Waals surface area contributed by atoms with E-state index in [4.69, 9.17) is 15.2 Å². The maximum absolute atomic E-state index is 5.82. The molecule has 90 valence electrons. The molecule has 0 aliphatic heterocycles. The number of hydrogen-bond donors (Lipinski definition) is 1. The van der Waals surface area contributed by atoms with Gasteiger partial charge in [-0.1, -0.05) is 12.1 Å². The van der Waals surface area contributed by atoms with Gasteiger partial charge in [0.1, 0.15) is 0 Å². The fourth-order valence-corrected chi connectivity index (χ4v) is 1.50. The Morgan fingerprint density at radius 2 is 1.94 bits per heavy atom. The SMILES string of the molecule is CCOc1ccccc1OC(C)CCCN. The van der Waals surface area contributed by atoms with Crippen molar-refractivity contribution in [3.8, 4) is 11.5 Å². The van der Waals surface area contributed by atoms with E-state index in [2.05, 4.69) is 6.92 Å². The Bertz CT molecular complexity index is 302. The predicted octanol–water partition coefficient (Wildman–Crippen LogP) is 2.59. The monoisotopic (exact) mass is 223 g/mol. The van der Waals surface area contributed by atoms with Gasteiger partial charge in [0.15, 0.2) is 11.5 Å². The van der Waals surface area contributed by atoms with Gasteiger partial charge >= 0.3 is 0 Å². The number of nitrogens with two attached hydrogens (primary N) is 1. The summed E-state index contributed by atoms with van der Waals surface area (Å²) in [6.45, 7) is 5.38. The normalized spacial score (nSPS) is 12.2. The molecular formula is C13H21NO2. The minimum absolute atomic E-state index is 0.171. The average Bonchev–Trinajstić information content (AvgIpc) is 2.29. The third-order valence-electron chi connectivity index (χ3n) is 2.29. The van der Waals surface area contributed by atoms with Crippen LogP contribution in [0.4, 0.5) is 0 Å². The lowest BCUT2D eigenvalue weighted by molar-refractivity contribution is 0.196. The zero-order valence-corrected chi connectivity index (χ0v) is 10.1. The van der Waals surface area contributed by atoms with Gasteiger partial charge in [-0.25, -0.2) is 0 Å². The molecule has 0 aliphatic rings. The molecule has 0 heterocycles. The summed E-state index contributed by atoms with van der Waals surface area (Å²) in [5.74, 6) is 1.62. The molecule has 3 nitrogen and oxygen atoms in total. The zero-order chi connectivity index (χ0) is 11.8. The van der Waals surface area contributed by atoms with Gasteiger partial charge in [-0.15, -0.1) is 0 Å². The number of ether oxygens (including phenoxy) is 2. The summed E-state index contributed by atoms with van der Waals surface area (Å²) in [4.78, 5) is 0. The minimum atomic E-state index is 0.171. The average molecular weight is 223 g/mol. The smallest absolute Gasteiger partial charge is 0.161 e. The van der Waals surface area contributed by atoms with Crippen LogP contribution in [0.25, 0.3) is 0 Å². The molecule has 1 aromatic rings. The highest BCUT2D eigenvalue weighted by molar-refractivity contribution is 5.39. The molecule has 1 unspecified atom stereocenters. The molecule has 3 heteroatoms. The molecule has 0 amide bonds. The van der Waals surface area contributed by atoms with E-state index in [0.717, 1.165) is 24.3 Å². The van der Waals surface area contributed by atoms with Crippen LogP contribution in [0.3, 0.4) is 0 Å². The van der Waals surface area contributed by atoms with Gasteiger partial charge in [-0.2, -0.15) is 0 Å². The van der Waals surface area contributed by atoms with E-state index < -0.39 is 0 Å². The first-order valence-corrected chi connectivity index (χ1v) is 5.86. The highest BCUT2D eigenvalue weighted by atomic mass is 16.5. The van der Waals surface area contributed by atoms with E-state index >= 15 is 0 Å². The van der Waals surface area contributed by atoms with Gasteiger partial charge in [-0.05, 0) is 45.4 Å². The van der Waals surface area contributed by atoms with Crippen molar-refractivity contribution in [3.05, 3.63) is 24.3 Å². The van der Waals surface area contributed by atoms with Crippen LogP contribution in [0.5, 0.6) is 11.5 Å². The summed E-state index contributed by atoms with van der Waals surface area (Å²) in [7, 11) is 0. The minimum Gasteiger partial charge on any atom is -0.490 e. The summed E-state index contributed by atoms with van der Waals surface area (Å²) < 4.78 is 11.3. The molecule has 0 bridgehead atoms. The lowest BCUT2D eigenvalue weighted by atomic mass is 10.2. The van der Waals surface area contributed by atoms with Crippen molar-refractivity contribution in [2.24, 2.45) is 5.73 Å². The first kappa shape index (κ1) is 12.8. The third kappa shape index (κ3) is 4.11. The third-order valence-corrected chi connectivity index (χ3v) is 2.29. The Morgan fingerprint density at radius 3 is 2.56 bits per heavy atom. The maximum atomic E-state index is 5.82. The van der Waals surface area contributed by atoms with Crippen molar-refractivity contribution >= 4 is 0 Å². The Kier molecular flexibility index (Phi) is 5.72. The van der Waals surface area contributed by atoms with E-state index in [9.17, 15) is 0 Å². The van der Waals surface area contributed by atoms with Crippen LogP contribution >= 0.6 is 0 Å². The van der Waals surface area contributed by atoms with Crippen LogP contribution < -0.4 is 15.2 Å². The molecule has 0 aliphatic carbocycles. The first-order valence-electron chi connectivity index (χ1n) is 5.86. The quantitative estimate of drug-likeness (QED) is 0.772. The standard InChI is InChI=1S/C13H21NO2/c1-3-15-12-8-4-5-9-13(12)16-11(2)7-6-10-14/h4-5,8-9,11H,3,6-7,10,14H2,1-2H3. The molecule has 0 fully saturated rings. The summed E-state index contributed by atoms with van der Waals surface area (Å²) in [5, 5.41) is 0. The van der Waals surface area contributed by atoms with Gasteiger partial charge in [0.2, 0.25) is 0 Å². The Labute approximate surface area is 97.6 Å². The van der Waals surface area contributed by atoms with Gasteiger partial charge in [0.05, 0.1) is 12.7 Å². The van der Waals surface area contributed by atoms with Gasteiger partial charge in [0.25, 0.3) is 0 Å². The van der Waals surface area contributed by atoms with Crippen LogP contribution in [-0.2, 0) is 0 Å². The molecule has 0 saturated heterocycles. The summed E-state index contributed by atoms with van der Waals surface area (Å²) in [6.07, 6.45) is 2.12. The molecule has 0 radical (unpaired) electrons. The molecule has 2 N–H and O–H groups in total. The van der Waals surface area contributed by atoms with Crippen molar-refractivity contribution in [1.29, 1.82) is 0 Å². The van der Waals surface area contributed by atoms with Crippen LogP contribution in [-0.4, -0.2) is 19.3 Å². The van der Waals surface area contributed by atoms with Crippen LogP contribution in [0.2, 0.25) is 0 Å². The molecule has 0 saturated carbocycles. The van der Waals surface area contributed by atoms with E-state index in [-0.39, 0.29) is 6.10 Å². The van der Waals surface area contributed by atoms with Crippen molar-refractivity contribution in [1.82, 2.24) is 0 Å². The number of hydrogen-bond acceptors (Lipinski definition) is 3. The van der Waals surface area contributed by atoms with Gasteiger partial charge < -0.3 is 15.2 Å². The topological polar surface area (TPSA) is 44.5 Å². The second-order valence-corrected chi connectivity index (χ2v) is 3.74. The molecule has 1 atom stereocenters. The van der Waals surface area contributed by atoms with E-state index in [1.165, 1.54) is 0 Å². The zero-order valence-electron chi connectivity index (χ0n) is 10.1. The van der Waals surface area contributed by atoms with E-state index in [1.54, 1.807) is 0 Å². The highest BCUT2D eigenvalue weighted by Crippen LogP contribution is 2.27. The Hall–Kier alpha value is -1.22. The van der Waals surface area contributed by atoms with Crippen molar-refractivity contribution < 1.29 is 9.47 Å². The van der Waals surface area contributed by atoms with Gasteiger partial charge in [-0.3, -0.25) is 0 Å². The molecule has 16 heavy (non-hydrogen) atoms. The molecule has 0 aromatic heterocycles. The molecule has 1 aromatic carbocycles. The van der Waals surface area contributed by atoms with Crippen molar-refractivity contribution in [2.75, 3.05) is 13.2 Å². The first-order chi connectivity index (χ1) is 7.77. The van der Waals surface area contributed by atoms with E-state index in [1.807, 2.05) is 31.2 Å². The molecule has 1 rings (SSSR count). The van der Waals surface area contributed by atoms with Crippen LogP contribution in [0, 0.1) is 0 Å². The molecule has 0 spiro atoms. The van der Waals surface area contributed by atoms with Crippen LogP contribution in [0.15, 0.2) is 24.3 Å².